The molecule has 0 radical (unpaired) electrons. The van der Waals surface area contributed by atoms with Crippen molar-refractivity contribution in [3.63, 3.8) is 0 Å². The van der Waals surface area contributed by atoms with Gasteiger partial charge in [0.2, 0.25) is 0 Å². The number of hydrogen-bond donors (Lipinski definition) is 2. The van der Waals surface area contributed by atoms with Crippen molar-refractivity contribution in [3.8, 4) is 0 Å². The van der Waals surface area contributed by atoms with E-state index in [0.717, 1.165) is 0 Å². The number of nitrogens with zero attached hydrogens (tertiary/aromatic N) is 1. The maximum Gasteiger partial charge on any atom is 0.268 e. The van der Waals surface area contributed by atoms with E-state index in [0.29, 0.717) is 6.42 Å². The Morgan fingerprint density at radius 2 is 2.27 bits per heavy atom. The highest BCUT2D eigenvalue weighted by atomic mass is 16.6. The van der Waals surface area contributed by atoms with E-state index in [1.807, 2.05) is 0 Å². The largest absolute Gasteiger partial charge is 0.310 e. The Morgan fingerprint density at radius 3 is 2.64 bits per heavy atom. The van der Waals surface area contributed by atoms with Crippen molar-refractivity contribution in [1.29, 1.82) is 0 Å². The van der Waals surface area contributed by atoms with Crippen molar-refractivity contribution in [2.45, 2.75) is 12.1 Å². The zero-order valence-corrected chi connectivity index (χ0v) is 5.86. The van der Waals surface area contributed by atoms with Gasteiger partial charge in [0.25, 0.3) is 5.70 Å². The molecule has 0 saturated carbocycles. The van der Waals surface area contributed by atoms with E-state index in [4.69, 9.17) is 11.5 Å². The van der Waals surface area contributed by atoms with Gasteiger partial charge in [0.15, 0.2) is 0 Å². The van der Waals surface area contributed by atoms with Gasteiger partial charge in [-0.3, -0.25) is 10.1 Å². The third-order valence-corrected chi connectivity index (χ3v) is 1.39. The van der Waals surface area contributed by atoms with E-state index < -0.39 is 10.6 Å². The lowest BCUT2D eigenvalue weighted by Gasteiger charge is -2.19. The van der Waals surface area contributed by atoms with E-state index in [1.54, 1.807) is 6.08 Å². The first-order valence-corrected chi connectivity index (χ1v) is 3.13. The summed E-state index contributed by atoms with van der Waals surface area (Å²) in [5.74, 6) is 0. The van der Waals surface area contributed by atoms with Crippen LogP contribution in [0.2, 0.25) is 0 Å². The second-order valence-electron chi connectivity index (χ2n) is 2.55. The van der Waals surface area contributed by atoms with E-state index in [-0.39, 0.29) is 5.70 Å². The third-order valence-electron chi connectivity index (χ3n) is 1.39. The molecular weight excluding hydrogens is 146 g/mol. The zero-order valence-electron chi connectivity index (χ0n) is 5.86. The molecule has 0 spiro atoms. The average molecular weight is 155 g/mol. The van der Waals surface area contributed by atoms with Crippen LogP contribution in [-0.2, 0) is 0 Å². The van der Waals surface area contributed by atoms with Crippen LogP contribution in [0.4, 0.5) is 0 Å². The van der Waals surface area contributed by atoms with Crippen LogP contribution in [0, 0.1) is 10.1 Å². The van der Waals surface area contributed by atoms with Crippen molar-refractivity contribution < 1.29 is 4.92 Å². The third kappa shape index (κ3) is 1.86. The second-order valence-corrected chi connectivity index (χ2v) is 2.55. The fraction of sp³-hybridized carbons (Fsp3) is 0.333. The van der Waals surface area contributed by atoms with Gasteiger partial charge in [0, 0.05) is 18.6 Å². The van der Waals surface area contributed by atoms with Gasteiger partial charge in [0.1, 0.15) is 0 Å². The molecule has 0 bridgehead atoms. The molecule has 1 aliphatic rings. The first-order chi connectivity index (χ1) is 5.01. The van der Waals surface area contributed by atoms with Gasteiger partial charge in [0.05, 0.1) is 10.6 Å². The van der Waals surface area contributed by atoms with Crippen molar-refractivity contribution in [2.75, 3.05) is 0 Å². The highest BCUT2D eigenvalue weighted by molar-refractivity contribution is 5.23. The van der Waals surface area contributed by atoms with Crippen LogP contribution in [0.3, 0.4) is 0 Å². The summed E-state index contributed by atoms with van der Waals surface area (Å²) in [6.45, 7) is 0. The monoisotopic (exact) mass is 155 g/mol. The lowest BCUT2D eigenvalue weighted by molar-refractivity contribution is -0.419. The molecule has 0 aromatic heterocycles. The fourth-order valence-corrected chi connectivity index (χ4v) is 0.880. The lowest BCUT2D eigenvalue weighted by Crippen LogP contribution is -2.48. The fourth-order valence-electron chi connectivity index (χ4n) is 0.880. The smallest absolute Gasteiger partial charge is 0.268 e. The summed E-state index contributed by atoms with van der Waals surface area (Å²) < 4.78 is 0. The Morgan fingerprint density at radius 1 is 1.64 bits per heavy atom. The SMILES string of the molecule is NC1(N)C=C([N+](=O)[O-])C=CC1. The van der Waals surface area contributed by atoms with E-state index in [9.17, 15) is 10.1 Å². The summed E-state index contributed by atoms with van der Waals surface area (Å²) in [6, 6.07) is 0. The Labute approximate surface area is 63.5 Å². The van der Waals surface area contributed by atoms with E-state index >= 15 is 0 Å². The molecule has 60 valence electrons. The van der Waals surface area contributed by atoms with Crippen LogP contribution in [0.15, 0.2) is 23.9 Å². The molecular formula is C6H9N3O2. The van der Waals surface area contributed by atoms with Gasteiger partial charge in [-0.2, -0.15) is 0 Å². The summed E-state index contributed by atoms with van der Waals surface area (Å²) in [5, 5.41) is 10.2. The van der Waals surface area contributed by atoms with E-state index in [1.165, 1.54) is 12.2 Å². The average Bonchev–Trinajstić information content (AvgIpc) is 1.85. The topological polar surface area (TPSA) is 95.2 Å². The first-order valence-electron chi connectivity index (χ1n) is 3.13. The standard InChI is InChI=1S/C6H9N3O2/c7-6(8)3-1-2-5(4-6)9(10)11/h1-2,4H,3,7-8H2. The Balaban J connectivity index is 2.89. The zero-order chi connectivity index (χ0) is 8.48. The number of allylic oxidation sites excluding steroid dienone is 1. The quantitative estimate of drug-likeness (QED) is 0.309. The molecule has 0 heterocycles. The Bertz CT molecular complexity index is 242. The normalized spacial score (nSPS) is 21.1. The molecule has 11 heavy (non-hydrogen) atoms. The van der Waals surface area contributed by atoms with Crippen molar-refractivity contribution in [3.05, 3.63) is 34.0 Å². The highest BCUT2D eigenvalue weighted by Crippen LogP contribution is 2.13. The molecule has 0 atom stereocenters. The number of rotatable bonds is 1. The Kier molecular flexibility index (Phi) is 1.76. The molecule has 0 unspecified atom stereocenters. The van der Waals surface area contributed by atoms with Gasteiger partial charge in [-0.25, -0.2) is 0 Å². The summed E-state index contributed by atoms with van der Waals surface area (Å²) in [5.41, 5.74) is 9.80. The number of hydrogen-bond acceptors (Lipinski definition) is 4. The molecule has 5 heteroatoms. The molecule has 0 fully saturated rings. The van der Waals surface area contributed by atoms with Gasteiger partial charge in [-0.05, 0) is 0 Å². The van der Waals surface area contributed by atoms with E-state index in [2.05, 4.69) is 0 Å². The van der Waals surface area contributed by atoms with Crippen LogP contribution in [0.25, 0.3) is 0 Å². The van der Waals surface area contributed by atoms with Crippen molar-refractivity contribution >= 4 is 0 Å². The molecule has 0 saturated heterocycles. The van der Waals surface area contributed by atoms with Crippen LogP contribution in [-0.4, -0.2) is 10.6 Å². The molecule has 0 aromatic carbocycles. The van der Waals surface area contributed by atoms with Gasteiger partial charge < -0.3 is 11.5 Å². The molecule has 0 amide bonds. The minimum absolute atomic E-state index is 0.0405. The summed E-state index contributed by atoms with van der Waals surface area (Å²) in [6.07, 6.45) is 4.69. The molecule has 5 nitrogen and oxygen atoms in total. The molecule has 1 rings (SSSR count). The number of nitrogens with two attached hydrogens (primary N) is 2. The minimum atomic E-state index is -1.06. The predicted molar refractivity (Wildman–Crippen MR) is 39.9 cm³/mol. The summed E-state index contributed by atoms with van der Waals surface area (Å²) >= 11 is 0. The maximum atomic E-state index is 10.2. The van der Waals surface area contributed by atoms with Crippen LogP contribution < -0.4 is 11.5 Å². The lowest BCUT2D eigenvalue weighted by atomic mass is 10.0. The minimum Gasteiger partial charge on any atom is -0.310 e. The highest BCUT2D eigenvalue weighted by Gasteiger charge is 2.22. The van der Waals surface area contributed by atoms with Crippen LogP contribution >= 0.6 is 0 Å². The van der Waals surface area contributed by atoms with Crippen LogP contribution in [0.1, 0.15) is 6.42 Å². The predicted octanol–water partition coefficient (Wildman–Crippen LogP) is -0.279. The molecule has 0 aliphatic heterocycles. The molecule has 4 N–H and O–H groups in total. The Hall–Kier alpha value is -1.20. The van der Waals surface area contributed by atoms with Crippen molar-refractivity contribution in [1.82, 2.24) is 0 Å². The first kappa shape index (κ1) is 7.90. The van der Waals surface area contributed by atoms with Crippen LogP contribution in [0.5, 0.6) is 0 Å². The number of nitro groups is 1. The summed E-state index contributed by atoms with van der Waals surface area (Å²) in [4.78, 5) is 9.71. The summed E-state index contributed by atoms with van der Waals surface area (Å²) in [7, 11) is 0. The van der Waals surface area contributed by atoms with Gasteiger partial charge >= 0.3 is 0 Å². The van der Waals surface area contributed by atoms with Crippen molar-refractivity contribution in [2.24, 2.45) is 11.5 Å². The molecule has 0 aromatic rings. The maximum absolute atomic E-state index is 10.2. The van der Waals surface area contributed by atoms with Gasteiger partial charge in [-0.1, -0.05) is 6.08 Å². The second kappa shape index (κ2) is 2.44. The van der Waals surface area contributed by atoms with Gasteiger partial charge in [-0.15, -0.1) is 0 Å². The molecule has 1 aliphatic carbocycles.